The van der Waals surface area contributed by atoms with E-state index in [1.807, 2.05) is 23.5 Å². The van der Waals surface area contributed by atoms with Gasteiger partial charge in [-0.3, -0.25) is 14.4 Å². The molecule has 0 aromatic heterocycles. The van der Waals surface area contributed by atoms with E-state index in [4.69, 9.17) is 0 Å². The molecule has 9 heteroatoms. The number of piperidine rings is 1. The molecule has 1 aliphatic rings. The summed E-state index contributed by atoms with van der Waals surface area (Å²) in [5, 5.41) is 2.84. The highest BCUT2D eigenvalue weighted by Crippen LogP contribution is 2.42. The van der Waals surface area contributed by atoms with Gasteiger partial charge in [0.25, 0.3) is 21.8 Å². The van der Waals surface area contributed by atoms with Crippen LogP contribution in [0, 0.1) is 18.3 Å². The highest BCUT2D eigenvalue weighted by Gasteiger charge is 2.40. The van der Waals surface area contributed by atoms with Gasteiger partial charge in [-0.15, -0.1) is 0 Å². The molecule has 8 nitrogen and oxygen atoms in total. The summed E-state index contributed by atoms with van der Waals surface area (Å²) in [5.74, 6) is -1.39. The van der Waals surface area contributed by atoms with Gasteiger partial charge in [-0.2, -0.15) is 0 Å². The van der Waals surface area contributed by atoms with Crippen molar-refractivity contribution in [2.75, 3.05) is 13.1 Å². The first kappa shape index (κ1) is 31.0. The van der Waals surface area contributed by atoms with Gasteiger partial charge in [0.05, 0.1) is 4.90 Å². The van der Waals surface area contributed by atoms with Crippen molar-refractivity contribution in [3.8, 4) is 0 Å². The average molecular weight is 590 g/mol. The number of likely N-dealkylation sites (tertiary alicyclic amines) is 1. The van der Waals surface area contributed by atoms with Crippen molar-refractivity contribution in [1.82, 2.24) is 14.9 Å². The molecule has 0 spiro atoms. The minimum absolute atomic E-state index is 0.0712. The highest BCUT2D eigenvalue weighted by molar-refractivity contribution is 7.90. The molecule has 0 bridgehead atoms. The van der Waals surface area contributed by atoms with Crippen LogP contribution in [0.5, 0.6) is 0 Å². The largest absolute Gasteiger partial charge is 0.340 e. The van der Waals surface area contributed by atoms with Crippen LogP contribution in [0.25, 0.3) is 0 Å². The van der Waals surface area contributed by atoms with Crippen LogP contribution in [0.3, 0.4) is 0 Å². The molecule has 2 atom stereocenters. The minimum atomic E-state index is -4.24. The number of carbonyl (C=O) groups is 3. The standard InChI is InChI=1S/C33H39N3O5S/c1-22(2)29(32(39)36-19-18-28(33(4,5)21-36)24-16-14-23(3)15-17-24)34-30(37)26-12-9-13-27(20-26)42(40,41)35-31(38)25-10-7-6-8-11-25/h6-17,20,22,28-29H,18-19,21H2,1-5H3,(H,34,37)(H,35,38)/t28?,29-/m1/s1. The molecule has 0 saturated carbocycles. The molecular formula is C33H39N3O5S. The summed E-state index contributed by atoms with van der Waals surface area (Å²) in [4.78, 5) is 41.1. The predicted octanol–water partition coefficient (Wildman–Crippen LogP) is 4.91. The SMILES string of the molecule is Cc1ccc(C2CCN(C(=O)[C@H](NC(=O)c3cccc(S(=O)(=O)NC(=O)c4ccccc4)c3)C(C)C)CC2(C)C)cc1. The van der Waals surface area contributed by atoms with Crippen molar-refractivity contribution in [1.29, 1.82) is 0 Å². The van der Waals surface area contributed by atoms with Gasteiger partial charge in [-0.25, -0.2) is 13.1 Å². The first-order valence-electron chi connectivity index (χ1n) is 14.2. The van der Waals surface area contributed by atoms with Crippen molar-refractivity contribution in [2.45, 2.75) is 57.9 Å². The number of nitrogens with one attached hydrogen (secondary N) is 2. The average Bonchev–Trinajstić information content (AvgIpc) is 2.95. The molecule has 0 radical (unpaired) electrons. The summed E-state index contributed by atoms with van der Waals surface area (Å²) in [7, 11) is -4.24. The first-order valence-corrected chi connectivity index (χ1v) is 15.7. The fraction of sp³-hybridized carbons (Fsp3) is 0.364. The fourth-order valence-corrected chi connectivity index (χ4v) is 6.55. The lowest BCUT2D eigenvalue weighted by Gasteiger charge is -2.45. The predicted molar refractivity (Wildman–Crippen MR) is 163 cm³/mol. The number of carbonyl (C=O) groups excluding carboxylic acids is 3. The zero-order chi connectivity index (χ0) is 30.7. The summed E-state index contributed by atoms with van der Waals surface area (Å²) in [5.41, 5.74) is 2.57. The second-order valence-corrected chi connectivity index (χ2v) is 13.7. The number of benzene rings is 3. The molecular weight excluding hydrogens is 550 g/mol. The monoisotopic (exact) mass is 589 g/mol. The van der Waals surface area contributed by atoms with Crippen LogP contribution in [-0.2, 0) is 14.8 Å². The number of rotatable bonds is 8. The number of sulfonamides is 1. The zero-order valence-electron chi connectivity index (χ0n) is 24.8. The zero-order valence-corrected chi connectivity index (χ0v) is 25.6. The molecule has 1 saturated heterocycles. The van der Waals surface area contributed by atoms with Gasteiger partial charge in [0.1, 0.15) is 6.04 Å². The van der Waals surface area contributed by atoms with Gasteiger partial charge in [-0.05, 0) is 66.5 Å². The molecule has 222 valence electrons. The maximum Gasteiger partial charge on any atom is 0.264 e. The Morgan fingerprint density at radius 3 is 2.14 bits per heavy atom. The van der Waals surface area contributed by atoms with Crippen LogP contribution in [-0.4, -0.2) is 50.2 Å². The Balaban J connectivity index is 1.46. The Hall–Kier alpha value is -3.98. The fourth-order valence-electron chi connectivity index (χ4n) is 5.53. The van der Waals surface area contributed by atoms with Crippen LogP contribution in [0.1, 0.15) is 71.9 Å². The summed E-state index contributed by atoms with van der Waals surface area (Å²) in [6.07, 6.45) is 0.815. The van der Waals surface area contributed by atoms with Gasteiger partial charge < -0.3 is 10.2 Å². The van der Waals surface area contributed by atoms with Gasteiger partial charge in [-0.1, -0.05) is 81.8 Å². The summed E-state index contributed by atoms with van der Waals surface area (Å²) >= 11 is 0. The molecule has 1 unspecified atom stereocenters. The van der Waals surface area contributed by atoms with E-state index in [0.29, 0.717) is 19.0 Å². The molecule has 1 aliphatic heterocycles. The summed E-state index contributed by atoms with van der Waals surface area (Å²) < 4.78 is 27.9. The lowest BCUT2D eigenvalue weighted by Crippen LogP contribution is -2.55. The van der Waals surface area contributed by atoms with E-state index in [1.165, 1.54) is 47.5 Å². The van der Waals surface area contributed by atoms with Crippen molar-refractivity contribution in [3.63, 3.8) is 0 Å². The third-order valence-electron chi connectivity index (χ3n) is 7.91. The van der Waals surface area contributed by atoms with E-state index in [-0.39, 0.29) is 33.3 Å². The van der Waals surface area contributed by atoms with E-state index < -0.39 is 27.9 Å². The second-order valence-electron chi connectivity index (χ2n) is 12.0. The Morgan fingerprint density at radius 1 is 0.881 bits per heavy atom. The van der Waals surface area contributed by atoms with E-state index >= 15 is 0 Å². The maximum absolute atomic E-state index is 13.7. The molecule has 3 amide bonds. The number of hydrogen-bond acceptors (Lipinski definition) is 5. The lowest BCUT2D eigenvalue weighted by atomic mass is 9.70. The third-order valence-corrected chi connectivity index (χ3v) is 9.24. The molecule has 3 aromatic rings. The molecule has 4 rings (SSSR count). The van der Waals surface area contributed by atoms with Crippen LogP contribution < -0.4 is 10.0 Å². The second kappa shape index (κ2) is 12.5. The van der Waals surface area contributed by atoms with E-state index in [1.54, 1.807) is 18.2 Å². The Kier molecular flexibility index (Phi) is 9.21. The van der Waals surface area contributed by atoms with Crippen LogP contribution in [0.4, 0.5) is 0 Å². The topological polar surface area (TPSA) is 113 Å². The molecule has 3 aromatic carbocycles. The van der Waals surface area contributed by atoms with Gasteiger partial charge in [0.2, 0.25) is 5.91 Å². The van der Waals surface area contributed by atoms with Crippen molar-refractivity contribution in [2.24, 2.45) is 11.3 Å². The first-order chi connectivity index (χ1) is 19.8. The Labute approximate surface area is 248 Å². The molecule has 1 fully saturated rings. The van der Waals surface area contributed by atoms with Crippen molar-refractivity contribution >= 4 is 27.7 Å². The van der Waals surface area contributed by atoms with E-state index in [9.17, 15) is 22.8 Å². The Bertz CT molecular complexity index is 1550. The van der Waals surface area contributed by atoms with Gasteiger partial charge >= 0.3 is 0 Å². The molecule has 1 heterocycles. The van der Waals surface area contributed by atoms with Crippen LogP contribution >= 0.6 is 0 Å². The number of amides is 3. The third kappa shape index (κ3) is 7.07. The maximum atomic E-state index is 13.7. The van der Waals surface area contributed by atoms with Gasteiger partial charge in [0, 0.05) is 24.2 Å². The molecule has 42 heavy (non-hydrogen) atoms. The van der Waals surface area contributed by atoms with Gasteiger partial charge in [0.15, 0.2) is 0 Å². The number of nitrogens with zero attached hydrogens (tertiary/aromatic N) is 1. The minimum Gasteiger partial charge on any atom is -0.340 e. The van der Waals surface area contributed by atoms with Crippen LogP contribution in [0.2, 0.25) is 0 Å². The lowest BCUT2D eigenvalue weighted by molar-refractivity contribution is -0.137. The number of hydrogen-bond donors (Lipinski definition) is 2. The Morgan fingerprint density at radius 2 is 1.52 bits per heavy atom. The van der Waals surface area contributed by atoms with Crippen LogP contribution in [0.15, 0.2) is 83.8 Å². The van der Waals surface area contributed by atoms with E-state index in [0.717, 1.165) is 6.42 Å². The normalized spacial score (nSPS) is 17.4. The molecule has 2 N–H and O–H groups in total. The number of aryl methyl sites for hydroxylation is 1. The summed E-state index contributed by atoms with van der Waals surface area (Å²) in [6.45, 7) is 11.3. The van der Waals surface area contributed by atoms with E-state index in [2.05, 4.69) is 50.4 Å². The van der Waals surface area contributed by atoms with Crippen molar-refractivity contribution in [3.05, 3.63) is 101 Å². The smallest absolute Gasteiger partial charge is 0.264 e. The summed E-state index contributed by atoms with van der Waals surface area (Å²) in [6, 6.07) is 21.2. The van der Waals surface area contributed by atoms with Crippen molar-refractivity contribution < 1.29 is 22.8 Å². The quantitative estimate of drug-likeness (QED) is 0.388. The highest BCUT2D eigenvalue weighted by atomic mass is 32.2. The molecule has 0 aliphatic carbocycles.